The van der Waals surface area contributed by atoms with Gasteiger partial charge in [-0.3, -0.25) is 9.69 Å². The maximum atomic E-state index is 12.5. The van der Waals surface area contributed by atoms with E-state index >= 15 is 0 Å². The van der Waals surface area contributed by atoms with Crippen LogP contribution in [0.3, 0.4) is 0 Å². The summed E-state index contributed by atoms with van der Waals surface area (Å²) in [7, 11) is 0. The van der Waals surface area contributed by atoms with E-state index in [9.17, 15) is 9.90 Å². The first kappa shape index (κ1) is 15.5. The number of nitrogens with zero attached hydrogens (tertiary/aromatic N) is 2. The molecule has 1 heterocycles. The van der Waals surface area contributed by atoms with Crippen LogP contribution in [0.5, 0.6) is 0 Å². The molecule has 1 unspecified atom stereocenters. The molecule has 1 N–H and O–H groups in total. The lowest BCUT2D eigenvalue weighted by atomic mass is 10.0. The van der Waals surface area contributed by atoms with Gasteiger partial charge in [0, 0.05) is 18.8 Å². The third-order valence-corrected chi connectivity index (χ3v) is 4.13. The molecule has 1 atom stereocenters. The van der Waals surface area contributed by atoms with Gasteiger partial charge in [-0.1, -0.05) is 6.08 Å². The number of aliphatic hydroxyl groups is 1. The SMILES string of the molecule is CCN(C(=O)CN1CCOCC1CO)C1=CCCCC1. The van der Waals surface area contributed by atoms with Crippen molar-refractivity contribution >= 4 is 5.91 Å². The third-order valence-electron chi connectivity index (χ3n) is 4.13. The second-order valence-electron chi connectivity index (χ2n) is 5.46. The van der Waals surface area contributed by atoms with E-state index in [1.54, 1.807) is 0 Å². The van der Waals surface area contributed by atoms with Gasteiger partial charge in [0.25, 0.3) is 0 Å². The van der Waals surface area contributed by atoms with Crippen molar-refractivity contribution in [3.8, 4) is 0 Å². The van der Waals surface area contributed by atoms with Gasteiger partial charge >= 0.3 is 0 Å². The Morgan fingerprint density at radius 1 is 1.55 bits per heavy atom. The Morgan fingerprint density at radius 3 is 3.05 bits per heavy atom. The summed E-state index contributed by atoms with van der Waals surface area (Å²) in [5.41, 5.74) is 1.18. The maximum Gasteiger partial charge on any atom is 0.240 e. The molecular weight excluding hydrogens is 256 g/mol. The summed E-state index contributed by atoms with van der Waals surface area (Å²) in [6.45, 7) is 5.03. The molecule has 1 aliphatic carbocycles. The van der Waals surface area contributed by atoms with Crippen LogP contribution in [0.15, 0.2) is 11.8 Å². The van der Waals surface area contributed by atoms with E-state index in [1.807, 2.05) is 16.7 Å². The number of carbonyl (C=O) groups is 1. The van der Waals surface area contributed by atoms with Gasteiger partial charge in [0.1, 0.15) is 0 Å². The van der Waals surface area contributed by atoms with E-state index in [0.717, 1.165) is 19.4 Å². The molecule has 0 aromatic carbocycles. The minimum atomic E-state index is -0.0493. The average molecular weight is 282 g/mol. The summed E-state index contributed by atoms with van der Waals surface area (Å²) in [6, 6.07) is -0.0493. The first-order chi connectivity index (χ1) is 9.76. The van der Waals surface area contributed by atoms with Gasteiger partial charge in [0.2, 0.25) is 5.91 Å². The van der Waals surface area contributed by atoms with Crippen molar-refractivity contribution in [1.82, 2.24) is 9.80 Å². The highest BCUT2D eigenvalue weighted by atomic mass is 16.5. The number of amides is 1. The lowest BCUT2D eigenvalue weighted by molar-refractivity contribution is -0.133. The Kier molecular flexibility index (Phi) is 6.01. The molecule has 5 heteroatoms. The van der Waals surface area contributed by atoms with Crippen LogP contribution < -0.4 is 0 Å². The van der Waals surface area contributed by atoms with Crippen LogP contribution in [0, 0.1) is 0 Å². The molecule has 1 aliphatic heterocycles. The second kappa shape index (κ2) is 7.76. The zero-order valence-electron chi connectivity index (χ0n) is 12.4. The third kappa shape index (κ3) is 3.81. The number of aliphatic hydroxyl groups excluding tert-OH is 1. The zero-order chi connectivity index (χ0) is 14.4. The summed E-state index contributed by atoms with van der Waals surface area (Å²) < 4.78 is 5.35. The molecule has 2 rings (SSSR count). The molecule has 1 fully saturated rings. The van der Waals surface area contributed by atoms with Crippen molar-refractivity contribution in [2.24, 2.45) is 0 Å². The fraction of sp³-hybridized carbons (Fsp3) is 0.800. The van der Waals surface area contributed by atoms with Crippen molar-refractivity contribution in [3.05, 3.63) is 11.8 Å². The molecule has 0 aromatic heterocycles. The molecule has 20 heavy (non-hydrogen) atoms. The van der Waals surface area contributed by atoms with Crippen molar-refractivity contribution < 1.29 is 14.6 Å². The fourth-order valence-electron chi connectivity index (χ4n) is 2.93. The number of hydrogen-bond acceptors (Lipinski definition) is 4. The van der Waals surface area contributed by atoms with Gasteiger partial charge in [-0.25, -0.2) is 0 Å². The number of carbonyl (C=O) groups excluding carboxylic acids is 1. The Bertz CT molecular complexity index is 357. The molecule has 114 valence electrons. The molecule has 0 spiro atoms. The summed E-state index contributed by atoms with van der Waals surface area (Å²) in [5.74, 6) is 0.140. The van der Waals surface area contributed by atoms with Crippen LogP contribution >= 0.6 is 0 Å². The van der Waals surface area contributed by atoms with Gasteiger partial charge in [-0.05, 0) is 32.6 Å². The number of rotatable bonds is 5. The highest BCUT2D eigenvalue weighted by Gasteiger charge is 2.27. The molecule has 5 nitrogen and oxygen atoms in total. The highest BCUT2D eigenvalue weighted by molar-refractivity contribution is 5.80. The normalized spacial score (nSPS) is 24.3. The van der Waals surface area contributed by atoms with E-state index < -0.39 is 0 Å². The Balaban J connectivity index is 1.96. The molecule has 1 saturated heterocycles. The molecule has 0 radical (unpaired) electrons. The Labute approximate surface area is 121 Å². The first-order valence-electron chi connectivity index (χ1n) is 7.68. The van der Waals surface area contributed by atoms with Gasteiger partial charge < -0.3 is 14.7 Å². The maximum absolute atomic E-state index is 12.5. The Hall–Kier alpha value is -0.910. The number of hydrogen-bond donors (Lipinski definition) is 1. The topological polar surface area (TPSA) is 53.0 Å². The predicted octanol–water partition coefficient (Wildman–Crippen LogP) is 0.986. The van der Waals surface area contributed by atoms with E-state index in [1.165, 1.54) is 18.5 Å². The molecule has 2 aliphatic rings. The molecular formula is C15H26N2O3. The largest absolute Gasteiger partial charge is 0.395 e. The number of ether oxygens (including phenoxy) is 1. The first-order valence-corrected chi connectivity index (χ1v) is 7.68. The minimum Gasteiger partial charge on any atom is -0.395 e. The Morgan fingerprint density at radius 2 is 2.40 bits per heavy atom. The summed E-state index contributed by atoms with van der Waals surface area (Å²) in [5, 5.41) is 9.36. The quantitative estimate of drug-likeness (QED) is 0.817. The van der Waals surface area contributed by atoms with Crippen molar-refractivity contribution in [3.63, 3.8) is 0 Å². The lowest BCUT2D eigenvalue weighted by Crippen LogP contribution is -2.51. The van der Waals surface area contributed by atoms with Gasteiger partial charge in [-0.2, -0.15) is 0 Å². The van der Waals surface area contributed by atoms with E-state index in [-0.39, 0.29) is 18.6 Å². The summed E-state index contributed by atoms with van der Waals surface area (Å²) >= 11 is 0. The standard InChI is InChI=1S/C15H26N2O3/c1-2-17(13-6-4-3-5-7-13)15(19)10-16-8-9-20-12-14(16)11-18/h6,14,18H,2-5,7-12H2,1H3. The van der Waals surface area contributed by atoms with Crippen LogP contribution in [0.1, 0.15) is 32.6 Å². The predicted molar refractivity (Wildman–Crippen MR) is 77.2 cm³/mol. The smallest absolute Gasteiger partial charge is 0.240 e. The molecule has 0 bridgehead atoms. The van der Waals surface area contributed by atoms with Gasteiger partial charge in [0.05, 0.1) is 32.4 Å². The zero-order valence-corrected chi connectivity index (χ0v) is 12.4. The van der Waals surface area contributed by atoms with Crippen LogP contribution in [-0.4, -0.2) is 66.3 Å². The second-order valence-corrected chi connectivity index (χ2v) is 5.46. The van der Waals surface area contributed by atoms with E-state index in [4.69, 9.17) is 4.74 Å². The minimum absolute atomic E-state index is 0.0438. The van der Waals surface area contributed by atoms with Crippen molar-refractivity contribution in [2.45, 2.75) is 38.6 Å². The van der Waals surface area contributed by atoms with Crippen LogP contribution in [0.2, 0.25) is 0 Å². The number of allylic oxidation sites excluding steroid dienone is 2. The lowest BCUT2D eigenvalue weighted by Gasteiger charge is -2.36. The fourth-order valence-corrected chi connectivity index (χ4v) is 2.93. The average Bonchev–Trinajstić information content (AvgIpc) is 2.49. The van der Waals surface area contributed by atoms with Crippen molar-refractivity contribution in [1.29, 1.82) is 0 Å². The van der Waals surface area contributed by atoms with E-state index in [0.29, 0.717) is 26.3 Å². The van der Waals surface area contributed by atoms with Crippen molar-refractivity contribution in [2.75, 3.05) is 39.5 Å². The van der Waals surface area contributed by atoms with Crippen LogP contribution in [0.25, 0.3) is 0 Å². The highest BCUT2D eigenvalue weighted by Crippen LogP contribution is 2.21. The van der Waals surface area contributed by atoms with Crippen LogP contribution in [-0.2, 0) is 9.53 Å². The van der Waals surface area contributed by atoms with Crippen LogP contribution in [0.4, 0.5) is 0 Å². The number of morpholine rings is 1. The summed E-state index contributed by atoms with van der Waals surface area (Å²) in [6.07, 6.45) is 6.69. The number of likely N-dealkylation sites (N-methyl/N-ethyl adjacent to an activating group) is 1. The van der Waals surface area contributed by atoms with E-state index in [2.05, 4.69) is 6.08 Å². The molecule has 0 saturated carbocycles. The molecule has 0 aromatic rings. The summed E-state index contributed by atoms with van der Waals surface area (Å²) in [4.78, 5) is 16.5. The van der Waals surface area contributed by atoms with Gasteiger partial charge in [0.15, 0.2) is 0 Å². The molecule has 1 amide bonds. The monoisotopic (exact) mass is 282 g/mol. The van der Waals surface area contributed by atoms with Gasteiger partial charge in [-0.15, -0.1) is 0 Å².